The number of nitrogens with one attached hydrogen (secondary N) is 1. The van der Waals surface area contributed by atoms with E-state index in [0.717, 1.165) is 12.2 Å². The molecule has 106 valence electrons. The number of hydrogen-bond acceptors (Lipinski definition) is 4. The van der Waals surface area contributed by atoms with Crippen molar-refractivity contribution in [3.05, 3.63) is 41.9 Å². The van der Waals surface area contributed by atoms with Gasteiger partial charge >= 0.3 is 0 Å². The first-order valence-corrected chi connectivity index (χ1v) is 6.48. The van der Waals surface area contributed by atoms with E-state index in [9.17, 15) is 4.79 Å². The Morgan fingerprint density at radius 1 is 1.40 bits per heavy atom. The van der Waals surface area contributed by atoms with Crippen LogP contribution in [0.5, 0.6) is 0 Å². The molecular formula is C14H19N5O. The van der Waals surface area contributed by atoms with E-state index in [1.54, 1.807) is 17.1 Å². The van der Waals surface area contributed by atoms with Crippen LogP contribution in [-0.4, -0.2) is 52.8 Å². The van der Waals surface area contributed by atoms with E-state index in [1.165, 1.54) is 0 Å². The molecule has 0 aliphatic heterocycles. The Labute approximate surface area is 118 Å². The molecule has 0 unspecified atom stereocenters. The molecular weight excluding hydrogens is 254 g/mol. The second kappa shape index (κ2) is 6.29. The minimum absolute atomic E-state index is 0.105. The molecule has 0 fully saturated rings. The van der Waals surface area contributed by atoms with Crippen LogP contribution in [0.3, 0.4) is 0 Å². The maximum absolute atomic E-state index is 12.1. The van der Waals surface area contributed by atoms with Gasteiger partial charge in [0.15, 0.2) is 5.82 Å². The van der Waals surface area contributed by atoms with Gasteiger partial charge in [0.2, 0.25) is 0 Å². The van der Waals surface area contributed by atoms with Crippen LogP contribution in [0.25, 0.3) is 5.82 Å². The number of amides is 1. The van der Waals surface area contributed by atoms with Crippen molar-refractivity contribution in [2.24, 2.45) is 0 Å². The van der Waals surface area contributed by atoms with Crippen molar-refractivity contribution in [3.63, 3.8) is 0 Å². The monoisotopic (exact) mass is 273 g/mol. The van der Waals surface area contributed by atoms with Crippen molar-refractivity contribution in [2.75, 3.05) is 27.2 Å². The molecule has 0 aromatic carbocycles. The Bertz CT molecular complexity index is 577. The van der Waals surface area contributed by atoms with Gasteiger partial charge in [-0.05, 0) is 33.2 Å². The van der Waals surface area contributed by atoms with Crippen LogP contribution >= 0.6 is 0 Å². The molecule has 2 aromatic heterocycles. The zero-order valence-corrected chi connectivity index (χ0v) is 12.0. The second-order valence-electron chi connectivity index (χ2n) is 4.80. The average Bonchev–Trinajstić information content (AvgIpc) is 2.81. The number of aromatic nitrogens is 3. The van der Waals surface area contributed by atoms with Gasteiger partial charge in [-0.15, -0.1) is 0 Å². The lowest BCUT2D eigenvalue weighted by atomic mass is 10.2. The lowest BCUT2D eigenvalue weighted by Gasteiger charge is -2.10. The minimum atomic E-state index is -0.105. The van der Waals surface area contributed by atoms with Crippen molar-refractivity contribution in [3.8, 4) is 5.82 Å². The van der Waals surface area contributed by atoms with E-state index in [1.807, 2.05) is 44.1 Å². The summed E-state index contributed by atoms with van der Waals surface area (Å²) in [5.74, 6) is 0.601. The summed E-state index contributed by atoms with van der Waals surface area (Å²) >= 11 is 0. The average molecular weight is 273 g/mol. The first-order chi connectivity index (χ1) is 9.59. The van der Waals surface area contributed by atoms with Crippen LogP contribution in [-0.2, 0) is 0 Å². The summed E-state index contributed by atoms with van der Waals surface area (Å²) in [6, 6.07) is 5.59. The molecule has 0 spiro atoms. The summed E-state index contributed by atoms with van der Waals surface area (Å²) in [7, 11) is 3.94. The van der Waals surface area contributed by atoms with Crippen LogP contribution in [0.15, 0.2) is 30.6 Å². The van der Waals surface area contributed by atoms with Crippen LogP contribution < -0.4 is 5.32 Å². The predicted molar refractivity (Wildman–Crippen MR) is 77.0 cm³/mol. The number of hydrogen-bond donors (Lipinski definition) is 1. The van der Waals surface area contributed by atoms with Crippen LogP contribution in [0, 0.1) is 6.92 Å². The van der Waals surface area contributed by atoms with E-state index >= 15 is 0 Å². The van der Waals surface area contributed by atoms with E-state index < -0.39 is 0 Å². The van der Waals surface area contributed by atoms with Crippen molar-refractivity contribution >= 4 is 5.91 Å². The summed E-state index contributed by atoms with van der Waals surface area (Å²) < 4.78 is 1.67. The van der Waals surface area contributed by atoms with Gasteiger partial charge in [-0.25, -0.2) is 9.67 Å². The second-order valence-corrected chi connectivity index (χ2v) is 4.80. The van der Waals surface area contributed by atoms with Crippen LogP contribution in [0.1, 0.15) is 16.1 Å². The van der Waals surface area contributed by atoms with E-state index in [2.05, 4.69) is 15.4 Å². The summed E-state index contributed by atoms with van der Waals surface area (Å²) in [5.41, 5.74) is 1.36. The smallest absolute Gasteiger partial charge is 0.254 e. The maximum atomic E-state index is 12.1. The number of carbonyl (C=O) groups is 1. The van der Waals surface area contributed by atoms with E-state index in [4.69, 9.17) is 0 Å². The third-order valence-corrected chi connectivity index (χ3v) is 2.97. The van der Waals surface area contributed by atoms with Gasteiger partial charge in [0, 0.05) is 19.3 Å². The number of nitrogens with zero attached hydrogens (tertiary/aromatic N) is 4. The standard InChI is InChI=1S/C14H19N5O/c1-11-12(14(20)16-8-9-18(2)3)10-17-19(11)13-6-4-5-7-15-13/h4-7,10H,8-9H2,1-3H3,(H,16,20). The quantitative estimate of drug-likeness (QED) is 0.878. The third kappa shape index (κ3) is 3.21. The molecule has 6 nitrogen and oxygen atoms in total. The highest BCUT2D eigenvalue weighted by Crippen LogP contribution is 2.11. The van der Waals surface area contributed by atoms with Gasteiger partial charge in [0.25, 0.3) is 5.91 Å². The first-order valence-electron chi connectivity index (χ1n) is 6.48. The first kappa shape index (κ1) is 14.2. The topological polar surface area (TPSA) is 63.1 Å². The molecule has 2 rings (SSSR count). The lowest BCUT2D eigenvalue weighted by molar-refractivity contribution is 0.0950. The Morgan fingerprint density at radius 2 is 2.20 bits per heavy atom. The zero-order valence-electron chi connectivity index (χ0n) is 12.0. The number of rotatable bonds is 5. The molecule has 0 atom stereocenters. The Kier molecular flexibility index (Phi) is 4.47. The van der Waals surface area contributed by atoms with Gasteiger partial charge in [-0.3, -0.25) is 4.79 Å². The highest BCUT2D eigenvalue weighted by Gasteiger charge is 2.15. The van der Waals surface area contributed by atoms with Crippen LogP contribution in [0.4, 0.5) is 0 Å². The number of pyridine rings is 1. The largest absolute Gasteiger partial charge is 0.351 e. The molecule has 0 aliphatic carbocycles. The summed E-state index contributed by atoms with van der Waals surface area (Å²) in [6.07, 6.45) is 3.28. The van der Waals surface area contributed by atoms with Crippen molar-refractivity contribution in [2.45, 2.75) is 6.92 Å². The van der Waals surface area contributed by atoms with E-state index in [0.29, 0.717) is 17.9 Å². The van der Waals surface area contributed by atoms with Crippen molar-refractivity contribution < 1.29 is 4.79 Å². The predicted octanol–water partition coefficient (Wildman–Crippen LogP) is 0.867. The fourth-order valence-corrected chi connectivity index (χ4v) is 1.83. The molecule has 6 heteroatoms. The molecule has 0 radical (unpaired) electrons. The summed E-state index contributed by atoms with van der Waals surface area (Å²) in [5, 5.41) is 7.11. The van der Waals surface area contributed by atoms with Gasteiger partial charge < -0.3 is 10.2 Å². The van der Waals surface area contributed by atoms with Gasteiger partial charge in [-0.1, -0.05) is 6.07 Å². The van der Waals surface area contributed by atoms with Crippen molar-refractivity contribution in [1.82, 2.24) is 25.0 Å². The molecule has 1 N–H and O–H groups in total. The van der Waals surface area contributed by atoms with Crippen LogP contribution in [0.2, 0.25) is 0 Å². The molecule has 0 saturated carbocycles. The SMILES string of the molecule is Cc1c(C(=O)NCCN(C)C)cnn1-c1ccccn1. The van der Waals surface area contributed by atoms with Gasteiger partial charge in [-0.2, -0.15) is 5.10 Å². The summed E-state index contributed by atoms with van der Waals surface area (Å²) in [4.78, 5) is 18.3. The maximum Gasteiger partial charge on any atom is 0.254 e. The fraction of sp³-hybridized carbons (Fsp3) is 0.357. The molecule has 0 saturated heterocycles. The molecule has 2 aromatic rings. The molecule has 20 heavy (non-hydrogen) atoms. The third-order valence-electron chi connectivity index (χ3n) is 2.97. The van der Waals surface area contributed by atoms with Gasteiger partial charge in [0.05, 0.1) is 17.5 Å². The minimum Gasteiger partial charge on any atom is -0.351 e. The number of likely N-dealkylation sites (N-methyl/N-ethyl adjacent to an activating group) is 1. The Balaban J connectivity index is 2.11. The van der Waals surface area contributed by atoms with Gasteiger partial charge in [0.1, 0.15) is 0 Å². The number of carbonyl (C=O) groups excluding carboxylic acids is 1. The molecule has 2 heterocycles. The normalized spacial score (nSPS) is 10.8. The lowest BCUT2D eigenvalue weighted by Crippen LogP contribution is -2.31. The zero-order chi connectivity index (χ0) is 14.5. The highest BCUT2D eigenvalue weighted by molar-refractivity contribution is 5.95. The highest BCUT2D eigenvalue weighted by atomic mass is 16.1. The molecule has 0 bridgehead atoms. The fourth-order valence-electron chi connectivity index (χ4n) is 1.83. The molecule has 0 aliphatic rings. The Hall–Kier alpha value is -2.21. The Morgan fingerprint density at radius 3 is 2.85 bits per heavy atom. The van der Waals surface area contributed by atoms with E-state index in [-0.39, 0.29) is 5.91 Å². The summed E-state index contributed by atoms with van der Waals surface area (Å²) in [6.45, 7) is 3.28. The van der Waals surface area contributed by atoms with Crippen molar-refractivity contribution in [1.29, 1.82) is 0 Å². The molecule has 1 amide bonds.